The van der Waals surface area contributed by atoms with Crippen LogP contribution in [0.4, 0.5) is 0 Å². The number of rotatable bonds is 4. The number of aryl methyl sites for hydroxylation is 2. The van der Waals surface area contributed by atoms with E-state index in [1.807, 2.05) is 13.2 Å². The van der Waals surface area contributed by atoms with Crippen molar-refractivity contribution >= 4 is 0 Å². The quantitative estimate of drug-likeness (QED) is 0.869. The van der Waals surface area contributed by atoms with Crippen LogP contribution in [0.5, 0.6) is 5.75 Å². The van der Waals surface area contributed by atoms with Crippen molar-refractivity contribution in [1.29, 1.82) is 0 Å². The van der Waals surface area contributed by atoms with Crippen LogP contribution in [0.1, 0.15) is 16.8 Å². The van der Waals surface area contributed by atoms with Crippen LogP contribution >= 0.6 is 0 Å². The van der Waals surface area contributed by atoms with Gasteiger partial charge in [0.25, 0.3) is 0 Å². The van der Waals surface area contributed by atoms with Gasteiger partial charge in [0.05, 0.1) is 19.0 Å². The van der Waals surface area contributed by atoms with Gasteiger partial charge < -0.3 is 10.1 Å². The lowest BCUT2D eigenvalue weighted by molar-refractivity contribution is 0.416. The summed E-state index contributed by atoms with van der Waals surface area (Å²) in [5.41, 5.74) is 5.72. The molecule has 4 nitrogen and oxygen atoms in total. The number of ether oxygens (including phenoxy) is 1. The second-order valence-corrected chi connectivity index (χ2v) is 4.43. The highest BCUT2D eigenvalue weighted by Crippen LogP contribution is 2.33. The highest BCUT2D eigenvalue weighted by molar-refractivity contribution is 5.73. The molecule has 2 aromatic rings. The molecule has 0 bridgehead atoms. The van der Waals surface area contributed by atoms with Gasteiger partial charge in [-0.25, -0.2) is 0 Å². The van der Waals surface area contributed by atoms with Crippen LogP contribution < -0.4 is 10.1 Å². The van der Waals surface area contributed by atoms with Gasteiger partial charge in [-0.3, -0.25) is 5.10 Å². The van der Waals surface area contributed by atoms with E-state index in [1.54, 1.807) is 7.11 Å². The van der Waals surface area contributed by atoms with Crippen molar-refractivity contribution in [3.05, 3.63) is 35.2 Å². The zero-order valence-corrected chi connectivity index (χ0v) is 11.3. The summed E-state index contributed by atoms with van der Waals surface area (Å²) in [4.78, 5) is 0. The molecule has 0 unspecified atom stereocenters. The molecular weight excluding hydrogens is 226 g/mol. The Morgan fingerprint density at radius 3 is 2.61 bits per heavy atom. The maximum Gasteiger partial charge on any atom is 0.127 e. The first-order valence-corrected chi connectivity index (χ1v) is 5.99. The van der Waals surface area contributed by atoms with Gasteiger partial charge in [-0.05, 0) is 44.2 Å². The Morgan fingerprint density at radius 1 is 1.22 bits per heavy atom. The predicted molar refractivity (Wildman–Crippen MR) is 72.8 cm³/mol. The van der Waals surface area contributed by atoms with E-state index in [9.17, 15) is 0 Å². The average molecular weight is 245 g/mol. The normalized spacial score (nSPS) is 10.7. The Balaban J connectivity index is 2.55. The summed E-state index contributed by atoms with van der Waals surface area (Å²) in [7, 11) is 3.62. The molecule has 0 saturated carbocycles. The fourth-order valence-corrected chi connectivity index (χ4v) is 2.03. The Morgan fingerprint density at radius 2 is 1.94 bits per heavy atom. The topological polar surface area (TPSA) is 49.9 Å². The van der Waals surface area contributed by atoms with E-state index in [2.05, 4.69) is 41.5 Å². The van der Waals surface area contributed by atoms with E-state index in [4.69, 9.17) is 4.74 Å². The molecule has 1 heterocycles. The Bertz CT molecular complexity index is 546. The van der Waals surface area contributed by atoms with Crippen molar-refractivity contribution < 1.29 is 4.74 Å². The van der Waals surface area contributed by atoms with Crippen LogP contribution in [0, 0.1) is 13.8 Å². The van der Waals surface area contributed by atoms with Gasteiger partial charge in [-0.1, -0.05) is 0 Å². The molecule has 96 valence electrons. The van der Waals surface area contributed by atoms with Crippen LogP contribution in [0.15, 0.2) is 18.3 Å². The molecule has 0 saturated heterocycles. The number of hydrogen-bond donors (Lipinski definition) is 2. The summed E-state index contributed by atoms with van der Waals surface area (Å²) in [6, 6.07) is 4.22. The lowest BCUT2D eigenvalue weighted by Crippen LogP contribution is -2.06. The molecule has 0 aliphatic rings. The molecule has 4 heteroatoms. The molecule has 0 atom stereocenters. The zero-order valence-electron chi connectivity index (χ0n) is 11.3. The highest BCUT2D eigenvalue weighted by Gasteiger charge is 2.13. The van der Waals surface area contributed by atoms with Crippen LogP contribution in [-0.4, -0.2) is 24.4 Å². The molecule has 0 aliphatic carbocycles. The van der Waals surface area contributed by atoms with Gasteiger partial charge in [-0.15, -0.1) is 0 Å². The third kappa shape index (κ3) is 2.24. The van der Waals surface area contributed by atoms with Gasteiger partial charge in [0.2, 0.25) is 0 Å². The number of hydrogen-bond acceptors (Lipinski definition) is 3. The molecule has 0 radical (unpaired) electrons. The van der Waals surface area contributed by atoms with E-state index in [-0.39, 0.29) is 0 Å². The number of methoxy groups -OCH3 is 1. The van der Waals surface area contributed by atoms with Crippen molar-refractivity contribution in [2.24, 2.45) is 0 Å². The summed E-state index contributed by atoms with van der Waals surface area (Å²) in [6.45, 7) is 4.95. The zero-order chi connectivity index (χ0) is 13.1. The average Bonchev–Trinajstić information content (AvgIpc) is 2.80. The van der Waals surface area contributed by atoms with Crippen molar-refractivity contribution in [2.45, 2.75) is 20.4 Å². The van der Waals surface area contributed by atoms with E-state index >= 15 is 0 Å². The minimum absolute atomic E-state index is 0.755. The summed E-state index contributed by atoms with van der Waals surface area (Å²) in [6.07, 6.45) is 1.85. The molecule has 2 N–H and O–H groups in total. The van der Waals surface area contributed by atoms with Gasteiger partial charge in [-0.2, -0.15) is 5.10 Å². The first-order valence-electron chi connectivity index (χ1n) is 5.99. The SMILES string of the molecule is CNCc1[nH]ncc1-c1cc(C)c(C)cc1OC. The standard InChI is InChI=1S/C14H19N3O/c1-9-5-11(14(18-4)6-10(9)2)12-7-16-17-13(12)8-15-3/h5-7,15H,8H2,1-4H3,(H,16,17). The first kappa shape index (κ1) is 12.6. The summed E-state index contributed by atoms with van der Waals surface area (Å²) in [5.74, 6) is 0.886. The van der Waals surface area contributed by atoms with E-state index in [0.29, 0.717) is 0 Å². The number of H-pyrrole nitrogens is 1. The van der Waals surface area contributed by atoms with Crippen molar-refractivity contribution in [3.8, 4) is 16.9 Å². The minimum Gasteiger partial charge on any atom is -0.496 e. The second-order valence-electron chi connectivity index (χ2n) is 4.43. The molecule has 0 amide bonds. The highest BCUT2D eigenvalue weighted by atomic mass is 16.5. The Hall–Kier alpha value is -1.81. The van der Waals surface area contributed by atoms with Gasteiger partial charge in [0, 0.05) is 17.7 Å². The monoisotopic (exact) mass is 245 g/mol. The van der Waals surface area contributed by atoms with Gasteiger partial charge in [0.15, 0.2) is 0 Å². The fourth-order valence-electron chi connectivity index (χ4n) is 2.03. The number of benzene rings is 1. The lowest BCUT2D eigenvalue weighted by atomic mass is 9.99. The Kier molecular flexibility index (Phi) is 3.67. The first-order chi connectivity index (χ1) is 8.67. The summed E-state index contributed by atoms with van der Waals surface area (Å²) in [5, 5.41) is 10.3. The molecule has 0 fully saturated rings. The van der Waals surface area contributed by atoms with Crippen molar-refractivity contribution in [3.63, 3.8) is 0 Å². The summed E-state index contributed by atoms with van der Waals surface area (Å²) >= 11 is 0. The van der Waals surface area contributed by atoms with Crippen LogP contribution in [-0.2, 0) is 6.54 Å². The van der Waals surface area contributed by atoms with Crippen LogP contribution in [0.3, 0.4) is 0 Å². The summed E-state index contributed by atoms with van der Waals surface area (Å²) < 4.78 is 5.48. The van der Waals surface area contributed by atoms with E-state index in [1.165, 1.54) is 11.1 Å². The number of aromatic amines is 1. The molecule has 1 aromatic carbocycles. The number of nitrogens with zero attached hydrogens (tertiary/aromatic N) is 1. The van der Waals surface area contributed by atoms with Crippen LogP contribution in [0.2, 0.25) is 0 Å². The van der Waals surface area contributed by atoms with Crippen molar-refractivity contribution in [1.82, 2.24) is 15.5 Å². The number of aromatic nitrogens is 2. The number of nitrogens with one attached hydrogen (secondary N) is 2. The van der Waals surface area contributed by atoms with Gasteiger partial charge in [0.1, 0.15) is 5.75 Å². The second kappa shape index (κ2) is 5.23. The minimum atomic E-state index is 0.755. The maximum atomic E-state index is 5.48. The molecular formula is C14H19N3O. The maximum absolute atomic E-state index is 5.48. The lowest BCUT2D eigenvalue weighted by Gasteiger charge is -2.12. The Labute approximate surface area is 107 Å². The third-order valence-corrected chi connectivity index (χ3v) is 3.18. The van der Waals surface area contributed by atoms with Gasteiger partial charge >= 0.3 is 0 Å². The molecule has 18 heavy (non-hydrogen) atoms. The predicted octanol–water partition coefficient (Wildman–Crippen LogP) is 2.42. The largest absolute Gasteiger partial charge is 0.496 e. The van der Waals surface area contributed by atoms with Crippen molar-refractivity contribution in [2.75, 3.05) is 14.2 Å². The van der Waals surface area contributed by atoms with E-state index < -0.39 is 0 Å². The smallest absolute Gasteiger partial charge is 0.127 e. The third-order valence-electron chi connectivity index (χ3n) is 3.18. The molecule has 2 rings (SSSR count). The molecule has 1 aromatic heterocycles. The molecule has 0 spiro atoms. The fraction of sp³-hybridized carbons (Fsp3) is 0.357. The van der Waals surface area contributed by atoms with E-state index in [0.717, 1.165) is 29.1 Å². The molecule has 0 aliphatic heterocycles. The van der Waals surface area contributed by atoms with Crippen LogP contribution in [0.25, 0.3) is 11.1 Å².